The summed E-state index contributed by atoms with van der Waals surface area (Å²) in [5.74, 6) is 6.90. The first kappa shape index (κ1) is 18.1. The van der Waals surface area contributed by atoms with Crippen LogP contribution < -0.4 is 4.90 Å². The van der Waals surface area contributed by atoms with E-state index >= 15 is 0 Å². The molecule has 1 amide bonds. The zero-order valence-electron chi connectivity index (χ0n) is 16.1. The molecule has 3 aromatic rings. The van der Waals surface area contributed by atoms with Crippen LogP contribution in [0.25, 0.3) is 11.0 Å². The predicted octanol–water partition coefficient (Wildman–Crippen LogP) is 3.07. The first-order chi connectivity index (χ1) is 13.7. The van der Waals surface area contributed by atoms with Crippen molar-refractivity contribution in [2.45, 2.75) is 25.8 Å². The van der Waals surface area contributed by atoms with Crippen LogP contribution in [-0.2, 0) is 0 Å². The second-order valence-electron chi connectivity index (χ2n) is 7.02. The third-order valence-corrected chi connectivity index (χ3v) is 5.37. The summed E-state index contributed by atoms with van der Waals surface area (Å²) in [6, 6.07) is 9.89. The summed E-state index contributed by atoms with van der Waals surface area (Å²) in [5.41, 5.74) is 2.50. The first-order valence-electron chi connectivity index (χ1n) is 9.50. The topological polar surface area (TPSA) is 65.1 Å². The monoisotopic (exact) mass is 373 g/mol. The molecule has 0 bridgehead atoms. The lowest BCUT2D eigenvalue weighted by molar-refractivity contribution is 0.0713. The van der Waals surface area contributed by atoms with Crippen LogP contribution in [0.2, 0.25) is 0 Å². The van der Waals surface area contributed by atoms with Gasteiger partial charge in [0.15, 0.2) is 0 Å². The average molecular weight is 373 g/mol. The Bertz CT molecular complexity index is 1040. The highest BCUT2D eigenvalue weighted by atomic mass is 16.2. The Morgan fingerprint density at radius 2 is 1.93 bits per heavy atom. The highest BCUT2D eigenvalue weighted by Crippen LogP contribution is 2.26. The molecule has 2 aromatic heterocycles. The molecule has 28 heavy (non-hydrogen) atoms. The number of amides is 1. The lowest BCUT2D eigenvalue weighted by atomic mass is 10.0. The van der Waals surface area contributed by atoms with Gasteiger partial charge in [0, 0.05) is 43.5 Å². The number of benzene rings is 1. The zero-order valence-corrected chi connectivity index (χ0v) is 16.1. The molecule has 1 N–H and O–H groups in total. The molecule has 1 aliphatic rings. The van der Waals surface area contributed by atoms with Crippen LogP contribution in [0.5, 0.6) is 0 Å². The molecule has 4 rings (SSSR count). The lowest BCUT2D eigenvalue weighted by Gasteiger charge is -2.37. The Hall–Kier alpha value is -3.33. The van der Waals surface area contributed by atoms with Gasteiger partial charge in [0.05, 0.1) is 5.39 Å². The van der Waals surface area contributed by atoms with E-state index in [-0.39, 0.29) is 5.91 Å². The van der Waals surface area contributed by atoms with E-state index in [0.29, 0.717) is 6.04 Å². The number of fused-ring (bicyclic) bond motifs is 1. The summed E-state index contributed by atoms with van der Waals surface area (Å²) in [6.45, 7) is 3.29. The summed E-state index contributed by atoms with van der Waals surface area (Å²) >= 11 is 0. The smallest absolute Gasteiger partial charge is 0.253 e. The van der Waals surface area contributed by atoms with Gasteiger partial charge in [-0.3, -0.25) is 4.79 Å². The summed E-state index contributed by atoms with van der Waals surface area (Å²) < 4.78 is 0. The highest BCUT2D eigenvalue weighted by Gasteiger charge is 2.27. The standard InChI is InChI=1S/C22H23N5O/c1-3-4-16-5-7-17(8-6-16)22(28)27-13-10-18(11-14-27)26(2)21-19-9-12-23-20(19)24-15-25-21/h5-9,12,15,18H,10-11,13-14H2,1-2H3,(H,23,24,25). The van der Waals surface area contributed by atoms with Gasteiger partial charge in [0.2, 0.25) is 0 Å². The van der Waals surface area contributed by atoms with Crippen LogP contribution in [0.4, 0.5) is 5.82 Å². The number of anilines is 1. The molecule has 3 heterocycles. The minimum Gasteiger partial charge on any atom is -0.356 e. The van der Waals surface area contributed by atoms with Gasteiger partial charge in [-0.25, -0.2) is 9.97 Å². The van der Waals surface area contributed by atoms with Crippen molar-refractivity contribution in [1.29, 1.82) is 0 Å². The quantitative estimate of drug-likeness (QED) is 0.717. The minimum atomic E-state index is 0.0900. The number of nitrogens with one attached hydrogen (secondary N) is 1. The number of aromatic amines is 1. The van der Waals surface area contributed by atoms with Gasteiger partial charge in [-0.15, -0.1) is 5.92 Å². The number of carbonyl (C=O) groups is 1. The molecular formula is C22H23N5O. The van der Waals surface area contributed by atoms with E-state index in [1.165, 1.54) is 0 Å². The van der Waals surface area contributed by atoms with E-state index in [0.717, 1.165) is 53.9 Å². The number of hydrogen-bond donors (Lipinski definition) is 1. The van der Waals surface area contributed by atoms with Crippen LogP contribution in [0, 0.1) is 11.8 Å². The highest BCUT2D eigenvalue weighted by molar-refractivity contribution is 5.94. The van der Waals surface area contributed by atoms with E-state index in [2.05, 4.69) is 38.7 Å². The number of H-pyrrole nitrogens is 1. The molecule has 0 aliphatic carbocycles. The molecule has 1 fully saturated rings. The predicted molar refractivity (Wildman–Crippen MR) is 110 cm³/mol. The molecule has 142 valence electrons. The normalized spacial score (nSPS) is 14.6. The maximum atomic E-state index is 12.8. The second-order valence-corrected chi connectivity index (χ2v) is 7.02. The largest absolute Gasteiger partial charge is 0.356 e. The maximum Gasteiger partial charge on any atom is 0.253 e. The van der Waals surface area contributed by atoms with Crippen molar-refractivity contribution >= 4 is 22.8 Å². The first-order valence-corrected chi connectivity index (χ1v) is 9.50. The molecule has 1 aliphatic heterocycles. The van der Waals surface area contributed by atoms with Crippen molar-refractivity contribution in [2.24, 2.45) is 0 Å². The van der Waals surface area contributed by atoms with Gasteiger partial charge in [-0.1, -0.05) is 5.92 Å². The molecule has 6 nitrogen and oxygen atoms in total. The molecule has 0 spiro atoms. The number of nitrogens with zero attached hydrogens (tertiary/aromatic N) is 4. The Kier molecular flexibility index (Phi) is 4.98. The molecule has 0 radical (unpaired) electrons. The third-order valence-electron chi connectivity index (χ3n) is 5.37. The summed E-state index contributed by atoms with van der Waals surface area (Å²) in [4.78, 5) is 28.8. The van der Waals surface area contributed by atoms with Crippen molar-refractivity contribution in [2.75, 3.05) is 25.0 Å². The number of aromatic nitrogens is 3. The van der Waals surface area contributed by atoms with Gasteiger partial charge >= 0.3 is 0 Å². The molecular weight excluding hydrogens is 350 g/mol. The lowest BCUT2D eigenvalue weighted by Crippen LogP contribution is -2.46. The van der Waals surface area contributed by atoms with Crippen molar-refractivity contribution in [1.82, 2.24) is 19.9 Å². The molecule has 0 unspecified atom stereocenters. The van der Waals surface area contributed by atoms with E-state index in [4.69, 9.17) is 0 Å². The van der Waals surface area contributed by atoms with E-state index in [1.54, 1.807) is 6.33 Å². The second kappa shape index (κ2) is 7.73. The SMILES string of the molecule is CC#Cc1ccc(C(=O)N2CCC(N(C)c3ncnc4[nH]ccc34)CC2)cc1. The van der Waals surface area contributed by atoms with E-state index < -0.39 is 0 Å². The molecule has 6 heteroatoms. The average Bonchev–Trinajstić information content (AvgIpc) is 3.23. The zero-order chi connectivity index (χ0) is 19.5. The van der Waals surface area contributed by atoms with Gasteiger partial charge in [-0.2, -0.15) is 0 Å². The van der Waals surface area contributed by atoms with Gasteiger partial charge < -0.3 is 14.8 Å². The molecule has 1 saturated heterocycles. The number of likely N-dealkylation sites (tertiary alicyclic amines) is 1. The van der Waals surface area contributed by atoms with Gasteiger partial charge in [0.1, 0.15) is 17.8 Å². The van der Waals surface area contributed by atoms with Crippen molar-refractivity contribution in [3.8, 4) is 11.8 Å². The Labute approximate surface area is 164 Å². The van der Waals surface area contributed by atoms with Crippen LogP contribution in [0.3, 0.4) is 0 Å². The number of hydrogen-bond acceptors (Lipinski definition) is 4. The molecule has 0 saturated carbocycles. The Morgan fingerprint density at radius 3 is 2.64 bits per heavy atom. The molecule has 1 aromatic carbocycles. The summed E-state index contributed by atoms with van der Waals surface area (Å²) in [7, 11) is 2.07. The van der Waals surface area contributed by atoms with Crippen LogP contribution >= 0.6 is 0 Å². The van der Waals surface area contributed by atoms with Gasteiger partial charge in [0.25, 0.3) is 5.91 Å². The van der Waals surface area contributed by atoms with E-state index in [9.17, 15) is 4.79 Å². The van der Waals surface area contributed by atoms with E-state index in [1.807, 2.05) is 48.4 Å². The van der Waals surface area contributed by atoms with Crippen LogP contribution in [-0.4, -0.2) is 51.9 Å². The van der Waals surface area contributed by atoms with Crippen molar-refractivity contribution in [3.05, 3.63) is 54.0 Å². The molecule has 0 atom stereocenters. The summed E-state index contributed by atoms with van der Waals surface area (Å²) in [5, 5.41) is 1.03. The number of rotatable bonds is 3. The fourth-order valence-electron chi connectivity index (χ4n) is 3.79. The maximum absolute atomic E-state index is 12.8. The number of piperidine rings is 1. The number of carbonyl (C=O) groups excluding carboxylic acids is 1. The third kappa shape index (κ3) is 3.44. The van der Waals surface area contributed by atoms with Crippen molar-refractivity contribution < 1.29 is 4.79 Å². The van der Waals surface area contributed by atoms with Crippen LogP contribution in [0.15, 0.2) is 42.9 Å². The minimum absolute atomic E-state index is 0.0900. The fourth-order valence-corrected chi connectivity index (χ4v) is 3.79. The van der Waals surface area contributed by atoms with Crippen LogP contribution in [0.1, 0.15) is 35.7 Å². The Morgan fingerprint density at radius 1 is 1.18 bits per heavy atom. The Balaban J connectivity index is 1.42. The fraction of sp³-hybridized carbons (Fsp3) is 0.318. The summed E-state index contributed by atoms with van der Waals surface area (Å²) in [6.07, 6.45) is 5.31. The van der Waals surface area contributed by atoms with Gasteiger partial charge in [-0.05, 0) is 50.1 Å². The van der Waals surface area contributed by atoms with Crippen molar-refractivity contribution in [3.63, 3.8) is 0 Å².